The van der Waals surface area contributed by atoms with E-state index in [9.17, 15) is 24.3 Å². The number of ketones is 1. The third-order valence-corrected chi connectivity index (χ3v) is 12.2. The van der Waals surface area contributed by atoms with Crippen LogP contribution in [0.1, 0.15) is 74.1 Å². The summed E-state index contributed by atoms with van der Waals surface area (Å²) in [6.45, 7) is 13.1. The summed E-state index contributed by atoms with van der Waals surface area (Å²) in [6, 6.07) is 0. The maximum absolute atomic E-state index is 13.9. The van der Waals surface area contributed by atoms with Crippen molar-refractivity contribution in [2.75, 3.05) is 6.61 Å². The van der Waals surface area contributed by atoms with Gasteiger partial charge in [-0.3, -0.25) is 9.59 Å². The van der Waals surface area contributed by atoms with Crippen LogP contribution < -0.4 is 0 Å². The van der Waals surface area contributed by atoms with E-state index in [2.05, 4.69) is 0 Å². The summed E-state index contributed by atoms with van der Waals surface area (Å²) in [7, 11) is 0. The van der Waals surface area contributed by atoms with E-state index in [4.69, 9.17) is 23.7 Å². The van der Waals surface area contributed by atoms with Crippen LogP contribution in [0.25, 0.3) is 0 Å². The maximum atomic E-state index is 13.9. The molecule has 1 N–H and O–H groups in total. The lowest BCUT2D eigenvalue weighted by atomic mass is 9.42. The molecule has 10 heteroatoms. The molecule has 0 radical (unpaired) electrons. The fourth-order valence-corrected chi connectivity index (χ4v) is 9.61. The molecule has 0 unspecified atom stereocenters. The summed E-state index contributed by atoms with van der Waals surface area (Å²) in [6.07, 6.45) is 6.81. The number of ether oxygens (including phenoxy) is 5. The molecule has 0 aromatic heterocycles. The maximum Gasteiger partial charge on any atom is 0.334 e. The van der Waals surface area contributed by atoms with E-state index in [1.165, 1.54) is 25.3 Å². The second kappa shape index (κ2) is 10.7. The number of allylic oxidation sites excluding steroid dienone is 1. The topological polar surface area (TPSA) is 138 Å². The minimum absolute atomic E-state index is 0.139. The number of aliphatic hydroxyl groups is 1. The Kier molecular flexibility index (Phi) is 7.51. The van der Waals surface area contributed by atoms with Crippen LogP contribution in [0.2, 0.25) is 0 Å². The molecule has 2 heterocycles. The zero-order valence-electron chi connectivity index (χ0n) is 27.1. The SMILES string of the molecule is CCO/C=C/C(=O)O[C@H]1C=CC(=O)[C@]2(C)[C@H]3CC[C@]4(C)C([C@H](C)[C@H]5CC(C)=C(C)C(=O)O5)=C[C@H](OC(C)=O)[C@@]4(O)[C@@H]3C[C@H]3O[C@]132. The van der Waals surface area contributed by atoms with Crippen LogP contribution in [-0.2, 0) is 42.9 Å². The van der Waals surface area contributed by atoms with Gasteiger partial charge >= 0.3 is 17.9 Å². The van der Waals surface area contributed by atoms with Crippen molar-refractivity contribution in [2.24, 2.45) is 28.6 Å². The number of epoxide rings is 1. The molecule has 0 bridgehead atoms. The number of fused-ring (bicyclic) bond motifs is 4. The first-order valence-electron chi connectivity index (χ1n) is 16.0. The van der Waals surface area contributed by atoms with Crippen molar-refractivity contribution < 1.29 is 48.0 Å². The fraction of sp³-hybridized carbons (Fsp3) is 0.657. The van der Waals surface area contributed by atoms with Gasteiger partial charge in [0.25, 0.3) is 0 Å². The van der Waals surface area contributed by atoms with Crippen molar-refractivity contribution in [1.82, 2.24) is 0 Å². The third kappa shape index (κ3) is 4.27. The lowest BCUT2D eigenvalue weighted by molar-refractivity contribution is -0.225. The first-order chi connectivity index (χ1) is 21.2. The second-order valence-electron chi connectivity index (χ2n) is 14.1. The Hall–Kier alpha value is -3.24. The van der Waals surface area contributed by atoms with Crippen LogP contribution in [0.15, 0.2) is 47.3 Å². The van der Waals surface area contributed by atoms with Gasteiger partial charge in [-0.25, -0.2) is 9.59 Å². The van der Waals surface area contributed by atoms with E-state index in [0.717, 1.165) is 11.1 Å². The molecule has 3 fully saturated rings. The van der Waals surface area contributed by atoms with Gasteiger partial charge in [0.1, 0.15) is 23.4 Å². The minimum atomic E-state index is -1.56. The van der Waals surface area contributed by atoms with Crippen LogP contribution >= 0.6 is 0 Å². The highest BCUT2D eigenvalue weighted by molar-refractivity contribution is 5.98. The van der Waals surface area contributed by atoms with Crippen molar-refractivity contribution >= 4 is 23.7 Å². The summed E-state index contributed by atoms with van der Waals surface area (Å²) >= 11 is 0. The number of cyclic esters (lactones) is 1. The molecule has 11 atom stereocenters. The molecule has 2 saturated carbocycles. The minimum Gasteiger partial charge on any atom is -0.501 e. The Morgan fingerprint density at radius 2 is 1.89 bits per heavy atom. The molecular formula is C35H44O10. The lowest BCUT2D eigenvalue weighted by Gasteiger charge is -2.61. The van der Waals surface area contributed by atoms with Crippen molar-refractivity contribution in [3.05, 3.63) is 47.3 Å². The Bertz CT molecular complexity index is 1460. The largest absolute Gasteiger partial charge is 0.501 e. The van der Waals surface area contributed by atoms with Crippen molar-refractivity contribution in [3.8, 4) is 0 Å². The molecule has 4 aliphatic carbocycles. The molecular weight excluding hydrogens is 580 g/mol. The summed E-state index contributed by atoms with van der Waals surface area (Å²) in [5.41, 5.74) is -2.08. The van der Waals surface area contributed by atoms with Gasteiger partial charge in [0.05, 0.1) is 30.5 Å². The molecule has 10 nitrogen and oxygen atoms in total. The van der Waals surface area contributed by atoms with Gasteiger partial charge in [-0.15, -0.1) is 0 Å². The highest BCUT2D eigenvalue weighted by Crippen LogP contribution is 2.74. The number of carbonyl (C=O) groups excluding carboxylic acids is 4. The van der Waals surface area contributed by atoms with Gasteiger partial charge in [0.15, 0.2) is 11.9 Å². The molecule has 6 rings (SSSR count). The molecule has 45 heavy (non-hydrogen) atoms. The summed E-state index contributed by atoms with van der Waals surface area (Å²) < 4.78 is 29.1. The number of rotatable bonds is 7. The summed E-state index contributed by atoms with van der Waals surface area (Å²) in [5.74, 6) is -2.70. The van der Waals surface area contributed by atoms with Crippen LogP contribution in [0.3, 0.4) is 0 Å². The monoisotopic (exact) mass is 624 g/mol. The van der Waals surface area contributed by atoms with Crippen molar-refractivity contribution in [3.63, 3.8) is 0 Å². The molecule has 1 spiro atoms. The zero-order chi connectivity index (χ0) is 32.7. The van der Waals surface area contributed by atoms with Crippen LogP contribution in [0.4, 0.5) is 0 Å². The van der Waals surface area contributed by atoms with Gasteiger partial charge in [0.2, 0.25) is 0 Å². The fourth-order valence-electron chi connectivity index (χ4n) is 9.61. The predicted molar refractivity (Wildman–Crippen MR) is 160 cm³/mol. The van der Waals surface area contributed by atoms with E-state index in [1.54, 1.807) is 19.9 Å². The second-order valence-corrected chi connectivity index (χ2v) is 14.1. The Labute approximate surface area is 263 Å². The summed E-state index contributed by atoms with van der Waals surface area (Å²) in [4.78, 5) is 51.7. The van der Waals surface area contributed by atoms with Crippen molar-refractivity contribution in [2.45, 2.75) is 110 Å². The zero-order valence-corrected chi connectivity index (χ0v) is 27.1. The Balaban J connectivity index is 1.35. The average molecular weight is 625 g/mol. The first-order valence-corrected chi connectivity index (χ1v) is 16.0. The first kappa shape index (κ1) is 31.7. The van der Waals surface area contributed by atoms with Crippen LogP contribution in [0.5, 0.6) is 0 Å². The van der Waals surface area contributed by atoms with E-state index in [0.29, 0.717) is 37.9 Å². The highest BCUT2D eigenvalue weighted by atomic mass is 16.7. The van der Waals surface area contributed by atoms with E-state index < -0.39 is 64.3 Å². The van der Waals surface area contributed by atoms with Crippen molar-refractivity contribution in [1.29, 1.82) is 0 Å². The standard InChI is InChI=1S/C35H44O10/c1-8-41-14-12-30(38)44-27-10-9-26(37)33(7)22-11-13-32(6)23(20(4)25-15-18(2)19(3)31(39)43-25)16-28(42-21(5)36)34(32,40)24(22)17-29-35(27,33)45-29/h9-10,12,14,16,20,22,24-25,27-29,40H,8,11,13,15,17H2,1-7H3/b14-12+/t20-,22-,24+,25+,27-,28-,29+,32+,33-,34-,35+/m0/s1. The predicted octanol–water partition coefficient (Wildman–Crippen LogP) is 4.06. The number of esters is 3. The summed E-state index contributed by atoms with van der Waals surface area (Å²) in [5, 5.41) is 13.1. The normalized spacial score (nSPS) is 43.8. The van der Waals surface area contributed by atoms with Crippen LogP contribution in [-0.4, -0.2) is 71.0 Å². The van der Waals surface area contributed by atoms with Gasteiger partial charge in [0, 0.05) is 30.3 Å². The third-order valence-electron chi connectivity index (χ3n) is 12.2. The molecule has 1 saturated heterocycles. The van der Waals surface area contributed by atoms with Crippen LogP contribution in [0, 0.1) is 28.6 Å². The molecule has 0 aromatic carbocycles. The van der Waals surface area contributed by atoms with Gasteiger partial charge in [-0.2, -0.15) is 0 Å². The number of hydrogen-bond acceptors (Lipinski definition) is 10. The molecule has 2 aliphatic heterocycles. The lowest BCUT2D eigenvalue weighted by Crippen LogP contribution is -2.70. The smallest absolute Gasteiger partial charge is 0.334 e. The molecule has 244 valence electrons. The van der Waals surface area contributed by atoms with E-state index in [1.807, 2.05) is 33.8 Å². The van der Waals surface area contributed by atoms with Gasteiger partial charge in [-0.05, 0) is 77.0 Å². The average Bonchev–Trinajstić information content (AvgIpc) is 3.67. The Morgan fingerprint density at radius 1 is 1.16 bits per heavy atom. The number of carbonyl (C=O) groups is 4. The quantitative estimate of drug-likeness (QED) is 0.110. The van der Waals surface area contributed by atoms with E-state index in [-0.39, 0.29) is 23.6 Å². The number of hydrogen-bond donors (Lipinski definition) is 1. The van der Waals surface area contributed by atoms with E-state index >= 15 is 0 Å². The molecule has 0 aromatic rings. The van der Waals surface area contributed by atoms with Gasteiger partial charge in [-0.1, -0.05) is 25.0 Å². The highest BCUT2D eigenvalue weighted by Gasteiger charge is 2.83. The molecule has 6 aliphatic rings. The molecule has 0 amide bonds. The van der Waals surface area contributed by atoms with Gasteiger partial charge < -0.3 is 28.8 Å². The Morgan fingerprint density at radius 3 is 2.56 bits per heavy atom.